The minimum Gasteiger partial charge on any atom is -0.508 e. The maximum absolute atomic E-state index is 9.25. The van der Waals surface area contributed by atoms with Crippen LogP contribution in [-0.2, 0) is 0 Å². The van der Waals surface area contributed by atoms with Crippen LogP contribution in [0.25, 0.3) is 0 Å². The number of phenols is 1. The summed E-state index contributed by atoms with van der Waals surface area (Å²) in [4.78, 5) is 0. The summed E-state index contributed by atoms with van der Waals surface area (Å²) in [5.41, 5.74) is 0. The maximum Gasteiger partial charge on any atom is 0.124 e. The van der Waals surface area contributed by atoms with Gasteiger partial charge in [-0.05, 0) is 18.1 Å². The van der Waals surface area contributed by atoms with Crippen LogP contribution in [0.3, 0.4) is 0 Å². The van der Waals surface area contributed by atoms with Crippen molar-refractivity contribution in [1.82, 2.24) is 0 Å². The number of benzene rings is 1. The van der Waals surface area contributed by atoms with Gasteiger partial charge in [0.25, 0.3) is 0 Å². The quantitative estimate of drug-likeness (QED) is 0.886. The topological polar surface area (TPSA) is 29.5 Å². The number of ether oxygens (including phenoxy) is 1. The van der Waals surface area contributed by atoms with Gasteiger partial charge in [0, 0.05) is 10.5 Å². The van der Waals surface area contributed by atoms with E-state index >= 15 is 0 Å². The summed E-state index contributed by atoms with van der Waals surface area (Å²) >= 11 is 3.28. The van der Waals surface area contributed by atoms with Crippen LogP contribution in [-0.4, -0.2) is 11.7 Å². The zero-order valence-corrected chi connectivity index (χ0v) is 9.34. The Bertz CT molecular complexity index is 264. The largest absolute Gasteiger partial charge is 0.508 e. The summed E-state index contributed by atoms with van der Waals surface area (Å²) in [5, 5.41) is 9.25. The smallest absolute Gasteiger partial charge is 0.124 e. The van der Waals surface area contributed by atoms with Gasteiger partial charge in [0.15, 0.2) is 0 Å². The minimum absolute atomic E-state index is 0.216. The molecule has 0 aliphatic carbocycles. The summed E-state index contributed by atoms with van der Waals surface area (Å²) in [5.74, 6) is 1.40. The fraction of sp³-hybridized carbons (Fsp3) is 0.400. The Morgan fingerprint density at radius 2 is 2.08 bits per heavy atom. The van der Waals surface area contributed by atoms with Crippen LogP contribution in [0.15, 0.2) is 22.7 Å². The molecule has 3 heteroatoms. The highest BCUT2D eigenvalue weighted by atomic mass is 79.9. The molecule has 0 heterocycles. The number of rotatable bonds is 3. The predicted molar refractivity (Wildman–Crippen MR) is 56.1 cm³/mol. The summed E-state index contributed by atoms with van der Waals surface area (Å²) < 4.78 is 6.26. The number of aromatic hydroxyl groups is 1. The Hall–Kier alpha value is -0.700. The molecule has 13 heavy (non-hydrogen) atoms. The summed E-state index contributed by atoms with van der Waals surface area (Å²) in [6.07, 6.45) is 0. The highest BCUT2D eigenvalue weighted by Gasteiger charge is 2.00. The van der Waals surface area contributed by atoms with Crippen LogP contribution < -0.4 is 4.74 Å². The SMILES string of the molecule is CC(C)COc1cc(O)cc(Br)c1. The molecule has 0 bridgehead atoms. The van der Waals surface area contributed by atoms with Gasteiger partial charge >= 0.3 is 0 Å². The van der Waals surface area contributed by atoms with Crippen LogP contribution in [0.4, 0.5) is 0 Å². The summed E-state index contributed by atoms with van der Waals surface area (Å²) in [6, 6.07) is 5.07. The zero-order valence-electron chi connectivity index (χ0n) is 7.75. The van der Waals surface area contributed by atoms with Crippen molar-refractivity contribution >= 4 is 15.9 Å². The van der Waals surface area contributed by atoms with Crippen LogP contribution in [0.2, 0.25) is 0 Å². The maximum atomic E-state index is 9.25. The van der Waals surface area contributed by atoms with Crippen LogP contribution in [0.1, 0.15) is 13.8 Å². The van der Waals surface area contributed by atoms with Crippen LogP contribution in [0.5, 0.6) is 11.5 Å². The van der Waals surface area contributed by atoms with Crippen LogP contribution in [0, 0.1) is 5.92 Å². The van der Waals surface area contributed by atoms with Gasteiger partial charge in [-0.1, -0.05) is 29.8 Å². The van der Waals surface area contributed by atoms with E-state index in [2.05, 4.69) is 29.8 Å². The Balaban J connectivity index is 2.66. The Morgan fingerprint density at radius 3 is 2.62 bits per heavy atom. The molecule has 1 rings (SSSR count). The van der Waals surface area contributed by atoms with Crippen molar-refractivity contribution in [3.63, 3.8) is 0 Å². The molecule has 72 valence electrons. The van der Waals surface area contributed by atoms with E-state index in [1.807, 2.05) is 6.07 Å². The average molecular weight is 245 g/mol. The first-order valence-corrected chi connectivity index (χ1v) is 4.99. The third-order valence-electron chi connectivity index (χ3n) is 1.44. The number of hydrogen-bond donors (Lipinski definition) is 1. The monoisotopic (exact) mass is 244 g/mol. The first-order chi connectivity index (χ1) is 6.08. The molecule has 0 saturated carbocycles. The lowest BCUT2D eigenvalue weighted by atomic mass is 10.2. The number of halogens is 1. The normalized spacial score (nSPS) is 10.5. The van der Waals surface area contributed by atoms with E-state index in [1.54, 1.807) is 12.1 Å². The highest BCUT2D eigenvalue weighted by Crippen LogP contribution is 2.25. The molecule has 1 aromatic rings. The fourth-order valence-corrected chi connectivity index (χ4v) is 1.35. The highest BCUT2D eigenvalue weighted by molar-refractivity contribution is 9.10. The van der Waals surface area contributed by atoms with Gasteiger partial charge in [0.2, 0.25) is 0 Å². The fourth-order valence-electron chi connectivity index (χ4n) is 0.894. The first kappa shape index (κ1) is 10.4. The van der Waals surface area contributed by atoms with Crippen molar-refractivity contribution in [2.75, 3.05) is 6.61 Å². The van der Waals surface area contributed by atoms with E-state index in [0.29, 0.717) is 18.3 Å². The van der Waals surface area contributed by atoms with Crippen molar-refractivity contribution < 1.29 is 9.84 Å². The molecule has 0 unspecified atom stereocenters. The molecule has 2 nitrogen and oxygen atoms in total. The summed E-state index contributed by atoms with van der Waals surface area (Å²) in [6.45, 7) is 4.82. The van der Waals surface area contributed by atoms with E-state index in [1.165, 1.54) is 0 Å². The van der Waals surface area contributed by atoms with E-state index < -0.39 is 0 Å². The third-order valence-corrected chi connectivity index (χ3v) is 1.90. The lowest BCUT2D eigenvalue weighted by Gasteiger charge is -2.08. The molecule has 0 radical (unpaired) electrons. The standard InChI is InChI=1S/C10H13BrO2/c1-7(2)6-13-10-4-8(11)3-9(12)5-10/h3-5,7,12H,6H2,1-2H3. The van der Waals surface area contributed by atoms with E-state index in [-0.39, 0.29) is 5.75 Å². The van der Waals surface area contributed by atoms with Crippen molar-refractivity contribution in [2.24, 2.45) is 5.92 Å². The molecule has 0 atom stereocenters. The zero-order chi connectivity index (χ0) is 9.84. The Morgan fingerprint density at radius 1 is 1.38 bits per heavy atom. The van der Waals surface area contributed by atoms with Gasteiger partial charge in [-0.2, -0.15) is 0 Å². The molecule has 1 N–H and O–H groups in total. The number of phenolic OH excluding ortho intramolecular Hbond substituents is 1. The van der Waals surface area contributed by atoms with Crippen molar-refractivity contribution in [2.45, 2.75) is 13.8 Å². The van der Waals surface area contributed by atoms with Gasteiger partial charge in [-0.25, -0.2) is 0 Å². The Labute approximate surface area is 86.7 Å². The van der Waals surface area contributed by atoms with E-state index in [4.69, 9.17) is 4.74 Å². The van der Waals surface area contributed by atoms with Gasteiger partial charge < -0.3 is 9.84 Å². The molecule has 0 fully saturated rings. The minimum atomic E-state index is 0.216. The van der Waals surface area contributed by atoms with E-state index in [0.717, 1.165) is 4.47 Å². The molecule has 0 aliphatic heterocycles. The lowest BCUT2D eigenvalue weighted by molar-refractivity contribution is 0.270. The van der Waals surface area contributed by atoms with Gasteiger partial charge in [0.05, 0.1) is 6.61 Å². The molecular weight excluding hydrogens is 232 g/mol. The third kappa shape index (κ3) is 3.68. The lowest BCUT2D eigenvalue weighted by Crippen LogP contribution is -2.04. The second kappa shape index (κ2) is 4.51. The predicted octanol–water partition coefficient (Wildman–Crippen LogP) is 3.19. The average Bonchev–Trinajstić information content (AvgIpc) is 1.99. The second-order valence-electron chi connectivity index (χ2n) is 3.35. The molecule has 0 spiro atoms. The van der Waals surface area contributed by atoms with Crippen molar-refractivity contribution in [1.29, 1.82) is 0 Å². The molecular formula is C10H13BrO2. The second-order valence-corrected chi connectivity index (χ2v) is 4.27. The van der Waals surface area contributed by atoms with Gasteiger partial charge in [0.1, 0.15) is 11.5 Å². The Kier molecular flexibility index (Phi) is 3.60. The summed E-state index contributed by atoms with van der Waals surface area (Å²) in [7, 11) is 0. The van der Waals surface area contributed by atoms with E-state index in [9.17, 15) is 5.11 Å². The molecule has 0 saturated heterocycles. The van der Waals surface area contributed by atoms with Gasteiger partial charge in [-0.3, -0.25) is 0 Å². The molecule has 1 aromatic carbocycles. The molecule has 0 aliphatic rings. The van der Waals surface area contributed by atoms with Crippen molar-refractivity contribution in [3.05, 3.63) is 22.7 Å². The van der Waals surface area contributed by atoms with Crippen LogP contribution >= 0.6 is 15.9 Å². The molecule has 0 aromatic heterocycles. The first-order valence-electron chi connectivity index (χ1n) is 4.20. The number of hydrogen-bond acceptors (Lipinski definition) is 2. The van der Waals surface area contributed by atoms with Crippen molar-refractivity contribution in [3.8, 4) is 11.5 Å². The van der Waals surface area contributed by atoms with Gasteiger partial charge in [-0.15, -0.1) is 0 Å². The molecule has 0 amide bonds.